The van der Waals surface area contributed by atoms with Gasteiger partial charge in [-0.3, -0.25) is 4.79 Å². The van der Waals surface area contributed by atoms with E-state index in [1.54, 1.807) is 13.8 Å². The average Bonchev–Trinajstić information content (AvgIpc) is 2.42. The zero-order valence-electron chi connectivity index (χ0n) is 9.86. The minimum absolute atomic E-state index is 0.110. The van der Waals surface area contributed by atoms with E-state index >= 15 is 0 Å². The quantitative estimate of drug-likeness (QED) is 0.675. The van der Waals surface area contributed by atoms with E-state index in [9.17, 15) is 9.90 Å². The Kier molecular flexibility index (Phi) is 4.11. The largest absolute Gasteiger partial charge is 0.465 e. The van der Waals surface area contributed by atoms with Crippen molar-refractivity contribution in [3.8, 4) is 0 Å². The van der Waals surface area contributed by atoms with Gasteiger partial charge < -0.3 is 15.2 Å². The van der Waals surface area contributed by atoms with E-state index in [0.29, 0.717) is 6.61 Å². The van der Waals surface area contributed by atoms with Gasteiger partial charge >= 0.3 is 5.97 Å². The molecule has 0 spiro atoms. The number of ether oxygens (including phenoxy) is 1. The van der Waals surface area contributed by atoms with E-state index < -0.39 is 6.10 Å². The van der Waals surface area contributed by atoms with Crippen LogP contribution in [0.25, 0.3) is 0 Å². The summed E-state index contributed by atoms with van der Waals surface area (Å²) in [6.45, 7) is 7.94. The lowest BCUT2D eigenvalue weighted by atomic mass is 9.85. The summed E-state index contributed by atoms with van der Waals surface area (Å²) in [5.74, 6) is 0.0125. The maximum Gasteiger partial charge on any atom is 0.323 e. The summed E-state index contributed by atoms with van der Waals surface area (Å²) in [6.07, 6.45) is -0.401. The summed E-state index contributed by atoms with van der Waals surface area (Å²) in [4.78, 5) is 11.6. The van der Waals surface area contributed by atoms with E-state index in [0.717, 1.165) is 0 Å². The molecular formula is C11H21NO3. The summed E-state index contributed by atoms with van der Waals surface area (Å²) in [5, 5.41) is 12.8. The van der Waals surface area contributed by atoms with Gasteiger partial charge in [0.15, 0.2) is 0 Å². The van der Waals surface area contributed by atoms with Crippen LogP contribution in [0.15, 0.2) is 0 Å². The topological polar surface area (TPSA) is 58.6 Å². The van der Waals surface area contributed by atoms with Gasteiger partial charge in [0.25, 0.3) is 0 Å². The molecule has 4 nitrogen and oxygen atoms in total. The Morgan fingerprint density at radius 2 is 2.13 bits per heavy atom. The fraction of sp³-hybridized carbons (Fsp3) is 0.909. The number of esters is 1. The van der Waals surface area contributed by atoms with Crippen LogP contribution in [-0.4, -0.2) is 35.9 Å². The molecule has 0 amide bonds. The molecule has 88 valence electrons. The van der Waals surface area contributed by atoms with Gasteiger partial charge in [0.2, 0.25) is 0 Å². The second kappa shape index (κ2) is 4.94. The van der Waals surface area contributed by atoms with Gasteiger partial charge in [0.05, 0.1) is 12.7 Å². The van der Waals surface area contributed by atoms with Gasteiger partial charge in [-0.15, -0.1) is 0 Å². The summed E-state index contributed by atoms with van der Waals surface area (Å²) in [6, 6.07) is -0.131. The minimum atomic E-state index is -0.401. The Bertz CT molecular complexity index is 230. The lowest BCUT2D eigenvalue weighted by Gasteiger charge is -2.22. The van der Waals surface area contributed by atoms with Crippen molar-refractivity contribution in [3.05, 3.63) is 0 Å². The third-order valence-electron chi connectivity index (χ3n) is 3.25. The highest BCUT2D eigenvalue weighted by Gasteiger charge is 2.44. The van der Waals surface area contributed by atoms with Crippen molar-refractivity contribution >= 4 is 5.97 Å². The number of carbonyl (C=O) groups excluding carboxylic acids is 1. The van der Waals surface area contributed by atoms with Gasteiger partial charge in [0.1, 0.15) is 6.04 Å². The molecule has 4 heteroatoms. The number of rotatable bonds is 3. The molecule has 1 rings (SSSR count). The summed E-state index contributed by atoms with van der Waals surface area (Å²) >= 11 is 0. The van der Waals surface area contributed by atoms with E-state index in [1.807, 2.05) is 13.8 Å². The summed E-state index contributed by atoms with van der Waals surface area (Å²) < 4.78 is 4.99. The second-order valence-electron chi connectivity index (χ2n) is 4.36. The average molecular weight is 215 g/mol. The molecule has 0 aromatic rings. The van der Waals surface area contributed by atoms with Gasteiger partial charge in [-0.05, 0) is 26.7 Å². The molecule has 0 unspecified atom stereocenters. The van der Waals surface area contributed by atoms with Crippen LogP contribution in [0, 0.1) is 11.8 Å². The highest BCUT2D eigenvalue weighted by molar-refractivity contribution is 5.76. The maximum absolute atomic E-state index is 11.6. The first kappa shape index (κ1) is 12.5. The molecule has 0 aromatic heterocycles. The molecule has 5 atom stereocenters. The van der Waals surface area contributed by atoms with E-state index in [1.165, 1.54) is 0 Å². The Balaban J connectivity index is 2.68. The molecule has 15 heavy (non-hydrogen) atoms. The molecule has 0 aliphatic carbocycles. The molecule has 0 saturated carbocycles. The van der Waals surface area contributed by atoms with Crippen LogP contribution in [0.2, 0.25) is 0 Å². The molecule has 1 aliphatic heterocycles. The summed E-state index contributed by atoms with van der Waals surface area (Å²) in [7, 11) is 0. The van der Waals surface area contributed by atoms with E-state index in [-0.39, 0.29) is 29.9 Å². The van der Waals surface area contributed by atoms with Crippen LogP contribution < -0.4 is 5.32 Å². The molecule has 1 fully saturated rings. The van der Waals surface area contributed by atoms with Crippen LogP contribution in [0.4, 0.5) is 0 Å². The van der Waals surface area contributed by atoms with Crippen molar-refractivity contribution in [1.29, 1.82) is 0 Å². The fourth-order valence-corrected chi connectivity index (χ4v) is 2.60. The molecule has 1 saturated heterocycles. The summed E-state index contributed by atoms with van der Waals surface area (Å²) in [5.41, 5.74) is 0. The van der Waals surface area contributed by atoms with Crippen molar-refractivity contribution in [2.45, 2.75) is 45.9 Å². The highest BCUT2D eigenvalue weighted by atomic mass is 16.5. The Morgan fingerprint density at radius 1 is 1.53 bits per heavy atom. The molecule has 1 aliphatic rings. The number of carbonyl (C=O) groups is 1. The van der Waals surface area contributed by atoms with Crippen LogP contribution in [-0.2, 0) is 9.53 Å². The second-order valence-corrected chi connectivity index (χ2v) is 4.36. The van der Waals surface area contributed by atoms with Gasteiger partial charge in [-0.1, -0.05) is 6.92 Å². The number of hydrogen-bond acceptors (Lipinski definition) is 4. The van der Waals surface area contributed by atoms with Gasteiger partial charge in [-0.2, -0.15) is 0 Å². The van der Waals surface area contributed by atoms with Crippen molar-refractivity contribution in [2.75, 3.05) is 6.61 Å². The van der Waals surface area contributed by atoms with E-state index in [2.05, 4.69) is 5.32 Å². The number of hydrogen-bond donors (Lipinski definition) is 2. The zero-order valence-corrected chi connectivity index (χ0v) is 9.86. The molecule has 0 radical (unpaired) electrons. The lowest BCUT2D eigenvalue weighted by Crippen LogP contribution is -2.38. The molecule has 1 heterocycles. The van der Waals surface area contributed by atoms with Crippen LogP contribution in [0.5, 0.6) is 0 Å². The van der Waals surface area contributed by atoms with Crippen LogP contribution in [0.1, 0.15) is 27.7 Å². The Labute approximate surface area is 91.0 Å². The van der Waals surface area contributed by atoms with E-state index in [4.69, 9.17) is 4.74 Å². The zero-order chi connectivity index (χ0) is 11.6. The number of aliphatic hydroxyl groups is 1. The SMILES string of the molecule is CCOC(=O)[C@@H]1N[C@@H](C)[C@@H]([C@@H](C)O)[C@@H]1C. The number of nitrogens with one attached hydrogen (secondary N) is 1. The van der Waals surface area contributed by atoms with Crippen molar-refractivity contribution in [2.24, 2.45) is 11.8 Å². The lowest BCUT2D eigenvalue weighted by molar-refractivity contribution is -0.146. The van der Waals surface area contributed by atoms with Gasteiger partial charge in [0, 0.05) is 12.0 Å². The van der Waals surface area contributed by atoms with Crippen LogP contribution >= 0.6 is 0 Å². The van der Waals surface area contributed by atoms with Crippen LogP contribution in [0.3, 0.4) is 0 Å². The Morgan fingerprint density at radius 3 is 2.53 bits per heavy atom. The standard InChI is InChI=1S/C11H21NO3/c1-5-15-11(14)10-6(2)9(8(4)13)7(3)12-10/h6-10,12-13H,5H2,1-4H3/t6-,7-,8+,9-,10+/m0/s1. The predicted octanol–water partition coefficient (Wildman–Crippen LogP) is 0.543. The smallest absolute Gasteiger partial charge is 0.323 e. The predicted molar refractivity (Wildman–Crippen MR) is 57.4 cm³/mol. The first-order valence-electron chi connectivity index (χ1n) is 5.59. The molecule has 0 aromatic carbocycles. The normalized spacial score (nSPS) is 37.7. The molecular weight excluding hydrogens is 194 g/mol. The first-order chi connectivity index (χ1) is 6.99. The Hall–Kier alpha value is -0.610. The van der Waals surface area contributed by atoms with Crippen molar-refractivity contribution in [1.82, 2.24) is 5.32 Å². The third kappa shape index (κ3) is 2.49. The minimum Gasteiger partial charge on any atom is -0.465 e. The van der Waals surface area contributed by atoms with Gasteiger partial charge in [-0.25, -0.2) is 0 Å². The third-order valence-corrected chi connectivity index (χ3v) is 3.25. The highest BCUT2D eigenvalue weighted by Crippen LogP contribution is 2.30. The van der Waals surface area contributed by atoms with Crippen molar-refractivity contribution < 1.29 is 14.6 Å². The van der Waals surface area contributed by atoms with Crippen molar-refractivity contribution in [3.63, 3.8) is 0 Å². The fourth-order valence-electron chi connectivity index (χ4n) is 2.60. The molecule has 0 bridgehead atoms. The molecule has 2 N–H and O–H groups in total. The first-order valence-corrected chi connectivity index (χ1v) is 5.59. The number of aliphatic hydroxyl groups excluding tert-OH is 1. The maximum atomic E-state index is 11.6. The monoisotopic (exact) mass is 215 g/mol.